The molecule has 0 aromatic heterocycles. The molecule has 0 radical (unpaired) electrons. The molecule has 0 aliphatic carbocycles. The largest absolute Gasteiger partial charge is 0.456 e. The average molecular weight is 402 g/mol. The minimum Gasteiger partial charge on any atom is -0.456 e. The molecule has 0 amide bonds. The van der Waals surface area contributed by atoms with Gasteiger partial charge in [-0.3, -0.25) is 9.69 Å². The van der Waals surface area contributed by atoms with Gasteiger partial charge in [-0.1, -0.05) is 65.3 Å². The number of carbonyl (C=O) groups excluding carboxylic acids is 1. The van der Waals surface area contributed by atoms with E-state index in [4.69, 9.17) is 4.74 Å². The van der Waals surface area contributed by atoms with Crippen LogP contribution >= 0.6 is 15.9 Å². The normalized spacial score (nSPS) is 18.9. The van der Waals surface area contributed by atoms with E-state index in [1.165, 1.54) is 5.56 Å². The molecule has 1 heterocycles. The molecule has 0 bridgehead atoms. The van der Waals surface area contributed by atoms with Crippen LogP contribution in [0.1, 0.15) is 43.4 Å². The first-order chi connectivity index (χ1) is 12.2. The Bertz CT molecular complexity index is 704. The van der Waals surface area contributed by atoms with Crippen molar-refractivity contribution in [1.29, 1.82) is 0 Å². The Balaban J connectivity index is 1.66. The number of nitrogens with zero attached hydrogens (tertiary/aromatic N) is 1. The van der Waals surface area contributed by atoms with Crippen LogP contribution < -0.4 is 0 Å². The lowest BCUT2D eigenvalue weighted by Gasteiger charge is -2.25. The second-order valence-electron chi connectivity index (χ2n) is 6.50. The monoisotopic (exact) mass is 401 g/mol. The van der Waals surface area contributed by atoms with Gasteiger partial charge in [0.1, 0.15) is 12.1 Å². The van der Waals surface area contributed by atoms with Crippen molar-refractivity contribution in [2.45, 2.75) is 44.9 Å². The van der Waals surface area contributed by atoms with Gasteiger partial charge in [-0.25, -0.2) is 0 Å². The number of hydrogen-bond acceptors (Lipinski definition) is 3. The summed E-state index contributed by atoms with van der Waals surface area (Å²) in [6.07, 6.45) is 2.50. The third-order valence-corrected chi connectivity index (χ3v) is 5.21. The average Bonchev–Trinajstić information content (AvgIpc) is 3.08. The molecule has 0 saturated carbocycles. The number of carbonyl (C=O) groups is 1. The van der Waals surface area contributed by atoms with Gasteiger partial charge < -0.3 is 4.74 Å². The lowest BCUT2D eigenvalue weighted by Crippen LogP contribution is -2.37. The smallest absolute Gasteiger partial charge is 0.323 e. The van der Waals surface area contributed by atoms with E-state index in [2.05, 4.69) is 39.9 Å². The maximum atomic E-state index is 12.8. The molecule has 1 fully saturated rings. The lowest BCUT2D eigenvalue weighted by atomic mass is 10.1. The zero-order valence-electron chi connectivity index (χ0n) is 14.5. The third-order valence-electron chi connectivity index (χ3n) is 4.71. The highest BCUT2D eigenvalue weighted by atomic mass is 79.9. The number of rotatable bonds is 6. The molecule has 1 aliphatic heterocycles. The molecule has 2 aromatic carbocycles. The van der Waals surface area contributed by atoms with Crippen molar-refractivity contribution >= 4 is 21.9 Å². The van der Waals surface area contributed by atoms with Crippen LogP contribution in [0.5, 0.6) is 0 Å². The Morgan fingerprint density at radius 3 is 2.76 bits per heavy atom. The Labute approximate surface area is 158 Å². The lowest BCUT2D eigenvalue weighted by molar-refractivity contribution is -0.155. The quantitative estimate of drug-likeness (QED) is 0.629. The first kappa shape index (κ1) is 18.2. The molecular formula is C21H24BrNO2. The molecule has 0 unspecified atom stereocenters. The van der Waals surface area contributed by atoms with E-state index in [-0.39, 0.29) is 18.1 Å². The van der Waals surface area contributed by atoms with Crippen LogP contribution in [-0.4, -0.2) is 23.5 Å². The Kier molecular flexibility index (Phi) is 6.27. The highest BCUT2D eigenvalue weighted by molar-refractivity contribution is 9.10. The Morgan fingerprint density at radius 1 is 1.24 bits per heavy atom. The summed E-state index contributed by atoms with van der Waals surface area (Å²) in [6, 6.07) is 18.2. The molecule has 132 valence electrons. The number of esters is 1. The summed E-state index contributed by atoms with van der Waals surface area (Å²) in [5.41, 5.74) is 2.28. The van der Waals surface area contributed by atoms with Gasteiger partial charge in [0.15, 0.2) is 0 Å². The number of likely N-dealkylation sites (tertiary alicyclic amines) is 1. The molecule has 2 atom stereocenters. The van der Waals surface area contributed by atoms with E-state index in [0.29, 0.717) is 0 Å². The van der Waals surface area contributed by atoms with Crippen molar-refractivity contribution in [3.63, 3.8) is 0 Å². The molecule has 2 aromatic rings. The molecule has 1 aliphatic rings. The summed E-state index contributed by atoms with van der Waals surface area (Å²) >= 11 is 3.49. The van der Waals surface area contributed by atoms with E-state index in [1.807, 2.05) is 42.5 Å². The van der Waals surface area contributed by atoms with Crippen LogP contribution in [0, 0.1) is 0 Å². The summed E-state index contributed by atoms with van der Waals surface area (Å²) in [5.74, 6) is -0.0970. The third kappa shape index (κ3) is 4.71. The SMILES string of the molecule is CC[C@@H](OC(=O)[C@@H]1CCCN1Cc1ccccc1)c1cccc(Br)c1. The second-order valence-corrected chi connectivity index (χ2v) is 7.42. The first-order valence-electron chi connectivity index (χ1n) is 8.91. The van der Waals surface area contributed by atoms with Gasteiger partial charge >= 0.3 is 5.97 Å². The summed E-state index contributed by atoms with van der Waals surface area (Å²) < 4.78 is 6.90. The zero-order chi connectivity index (χ0) is 17.6. The molecule has 3 rings (SSSR count). The fourth-order valence-corrected chi connectivity index (χ4v) is 3.83. The van der Waals surface area contributed by atoms with Crippen molar-refractivity contribution in [2.24, 2.45) is 0 Å². The van der Waals surface area contributed by atoms with E-state index in [9.17, 15) is 4.79 Å². The van der Waals surface area contributed by atoms with Crippen LogP contribution in [0.4, 0.5) is 0 Å². The predicted molar refractivity (Wildman–Crippen MR) is 103 cm³/mol. The molecular weight excluding hydrogens is 378 g/mol. The van der Waals surface area contributed by atoms with E-state index < -0.39 is 0 Å². The Morgan fingerprint density at radius 2 is 2.04 bits per heavy atom. The van der Waals surface area contributed by atoms with Crippen LogP contribution in [0.25, 0.3) is 0 Å². The standard InChI is InChI=1S/C21H24BrNO2/c1-2-20(17-10-6-11-18(22)14-17)25-21(24)19-12-7-13-23(19)15-16-8-4-3-5-9-16/h3-6,8-11,14,19-20H,2,7,12-13,15H2,1H3/t19-,20+/m0/s1. The van der Waals surface area contributed by atoms with Gasteiger partial charge in [0.25, 0.3) is 0 Å². The van der Waals surface area contributed by atoms with Gasteiger partial charge in [0, 0.05) is 11.0 Å². The zero-order valence-corrected chi connectivity index (χ0v) is 16.1. The van der Waals surface area contributed by atoms with Crippen LogP contribution in [0.15, 0.2) is 59.1 Å². The topological polar surface area (TPSA) is 29.5 Å². The molecule has 25 heavy (non-hydrogen) atoms. The van der Waals surface area contributed by atoms with Crippen LogP contribution in [0.2, 0.25) is 0 Å². The number of halogens is 1. The highest BCUT2D eigenvalue weighted by Crippen LogP contribution is 2.27. The van der Waals surface area contributed by atoms with Crippen molar-refractivity contribution in [3.05, 3.63) is 70.2 Å². The number of hydrogen-bond donors (Lipinski definition) is 0. The summed E-state index contributed by atoms with van der Waals surface area (Å²) in [6.45, 7) is 3.80. The molecule has 1 saturated heterocycles. The molecule has 0 spiro atoms. The fourth-order valence-electron chi connectivity index (χ4n) is 3.41. The Hall–Kier alpha value is -1.65. The minimum atomic E-state index is -0.191. The molecule has 3 nitrogen and oxygen atoms in total. The van der Waals surface area contributed by atoms with Crippen molar-refractivity contribution in [3.8, 4) is 0 Å². The van der Waals surface area contributed by atoms with Gasteiger partial charge in [0.2, 0.25) is 0 Å². The summed E-state index contributed by atoms with van der Waals surface area (Å²) in [7, 11) is 0. The van der Waals surface area contributed by atoms with Crippen molar-refractivity contribution in [1.82, 2.24) is 4.90 Å². The summed E-state index contributed by atoms with van der Waals surface area (Å²) in [5, 5.41) is 0. The maximum absolute atomic E-state index is 12.8. The predicted octanol–water partition coefficient (Wildman–Crippen LogP) is 5.11. The fraction of sp³-hybridized carbons (Fsp3) is 0.381. The number of benzene rings is 2. The number of ether oxygens (including phenoxy) is 1. The first-order valence-corrected chi connectivity index (χ1v) is 9.70. The van der Waals surface area contributed by atoms with Crippen molar-refractivity contribution in [2.75, 3.05) is 6.54 Å². The molecule has 4 heteroatoms. The maximum Gasteiger partial charge on any atom is 0.323 e. The van der Waals surface area contributed by atoms with Crippen LogP contribution in [-0.2, 0) is 16.1 Å². The van der Waals surface area contributed by atoms with E-state index in [1.54, 1.807) is 0 Å². The second kappa shape index (κ2) is 8.63. The van der Waals surface area contributed by atoms with Crippen molar-refractivity contribution < 1.29 is 9.53 Å². The van der Waals surface area contributed by atoms with Crippen LogP contribution in [0.3, 0.4) is 0 Å². The molecule has 0 N–H and O–H groups in total. The highest BCUT2D eigenvalue weighted by Gasteiger charge is 2.33. The minimum absolute atomic E-state index is 0.0970. The van der Waals surface area contributed by atoms with Gasteiger partial charge in [-0.05, 0) is 49.1 Å². The van der Waals surface area contributed by atoms with Gasteiger partial charge in [0.05, 0.1) is 0 Å². The van der Waals surface area contributed by atoms with Gasteiger partial charge in [-0.15, -0.1) is 0 Å². The summed E-state index contributed by atoms with van der Waals surface area (Å²) in [4.78, 5) is 15.0. The van der Waals surface area contributed by atoms with E-state index in [0.717, 1.165) is 42.4 Å². The van der Waals surface area contributed by atoms with Gasteiger partial charge in [-0.2, -0.15) is 0 Å². The van der Waals surface area contributed by atoms with E-state index >= 15 is 0 Å².